The number of para-hydroxylation sites is 1. The second-order valence-electron chi connectivity index (χ2n) is 3.44. The Hall–Kier alpha value is -1.53. The third-order valence-electron chi connectivity index (χ3n) is 2.14. The van der Waals surface area contributed by atoms with Crippen molar-refractivity contribution in [1.29, 1.82) is 0 Å². The van der Waals surface area contributed by atoms with Crippen molar-refractivity contribution in [3.63, 3.8) is 0 Å². The SMILES string of the molecule is N[C@@H](CS)C(=O)N(CC(=O)O)c1ccccc1. The van der Waals surface area contributed by atoms with E-state index >= 15 is 0 Å². The van der Waals surface area contributed by atoms with E-state index in [-0.39, 0.29) is 5.75 Å². The molecule has 3 N–H and O–H groups in total. The molecule has 0 heterocycles. The Kier molecular flexibility index (Phi) is 4.99. The fourth-order valence-electron chi connectivity index (χ4n) is 1.32. The van der Waals surface area contributed by atoms with E-state index in [9.17, 15) is 9.59 Å². The Balaban J connectivity index is 2.96. The number of anilines is 1. The molecule has 0 unspecified atom stereocenters. The van der Waals surface area contributed by atoms with E-state index in [1.165, 1.54) is 0 Å². The first kappa shape index (κ1) is 13.5. The number of hydrogen-bond donors (Lipinski definition) is 3. The molecule has 0 aliphatic carbocycles. The van der Waals surface area contributed by atoms with E-state index in [0.29, 0.717) is 5.69 Å². The van der Waals surface area contributed by atoms with Gasteiger partial charge in [-0.1, -0.05) is 18.2 Å². The zero-order valence-corrected chi connectivity index (χ0v) is 10.0. The fourth-order valence-corrected chi connectivity index (χ4v) is 1.47. The van der Waals surface area contributed by atoms with Gasteiger partial charge in [0.25, 0.3) is 0 Å². The van der Waals surface area contributed by atoms with E-state index < -0.39 is 24.5 Å². The van der Waals surface area contributed by atoms with Gasteiger partial charge in [-0.25, -0.2) is 0 Å². The molecule has 0 aliphatic rings. The number of thiol groups is 1. The lowest BCUT2D eigenvalue weighted by Gasteiger charge is -2.23. The lowest BCUT2D eigenvalue weighted by Crippen LogP contribution is -2.47. The van der Waals surface area contributed by atoms with Crippen molar-refractivity contribution in [1.82, 2.24) is 0 Å². The van der Waals surface area contributed by atoms with Crippen LogP contribution >= 0.6 is 12.6 Å². The van der Waals surface area contributed by atoms with Gasteiger partial charge < -0.3 is 10.8 Å². The maximum atomic E-state index is 11.9. The molecule has 0 saturated heterocycles. The van der Waals surface area contributed by atoms with Crippen molar-refractivity contribution < 1.29 is 14.7 Å². The molecule has 1 amide bonds. The van der Waals surface area contributed by atoms with Crippen molar-refractivity contribution in [2.75, 3.05) is 17.2 Å². The van der Waals surface area contributed by atoms with Crippen LogP contribution in [0.5, 0.6) is 0 Å². The zero-order chi connectivity index (χ0) is 12.8. The molecule has 1 rings (SSSR count). The molecule has 1 aromatic carbocycles. The molecule has 0 fully saturated rings. The van der Waals surface area contributed by atoms with E-state index in [0.717, 1.165) is 4.90 Å². The minimum Gasteiger partial charge on any atom is -0.480 e. The number of nitrogens with zero attached hydrogens (tertiary/aromatic N) is 1. The number of aliphatic carboxylic acids is 1. The number of hydrogen-bond acceptors (Lipinski definition) is 4. The van der Waals surface area contributed by atoms with Crippen molar-refractivity contribution in [2.24, 2.45) is 5.73 Å². The summed E-state index contributed by atoms with van der Waals surface area (Å²) in [5.41, 5.74) is 6.08. The van der Waals surface area contributed by atoms with Crippen LogP contribution in [0.15, 0.2) is 30.3 Å². The molecular weight excluding hydrogens is 240 g/mol. The highest BCUT2D eigenvalue weighted by atomic mass is 32.1. The van der Waals surface area contributed by atoms with Crippen LogP contribution < -0.4 is 10.6 Å². The summed E-state index contributed by atoms with van der Waals surface area (Å²) in [4.78, 5) is 23.8. The predicted octanol–water partition coefficient (Wildman–Crippen LogP) is 0.361. The summed E-state index contributed by atoms with van der Waals surface area (Å²) in [6, 6.07) is 7.75. The third-order valence-corrected chi connectivity index (χ3v) is 2.53. The van der Waals surface area contributed by atoms with E-state index in [4.69, 9.17) is 10.8 Å². The largest absolute Gasteiger partial charge is 0.480 e. The van der Waals surface area contributed by atoms with Gasteiger partial charge in [-0.15, -0.1) is 0 Å². The average molecular weight is 254 g/mol. The number of carbonyl (C=O) groups is 2. The van der Waals surface area contributed by atoms with Gasteiger partial charge in [0.15, 0.2) is 0 Å². The van der Waals surface area contributed by atoms with Gasteiger partial charge in [-0.2, -0.15) is 12.6 Å². The number of carboxylic acids is 1. The molecule has 17 heavy (non-hydrogen) atoms. The first-order valence-electron chi connectivity index (χ1n) is 5.01. The number of nitrogens with two attached hydrogens (primary N) is 1. The number of carboxylic acid groups (broad SMARTS) is 1. The topological polar surface area (TPSA) is 83.6 Å². The van der Waals surface area contributed by atoms with Crippen LogP contribution in [0.1, 0.15) is 0 Å². The lowest BCUT2D eigenvalue weighted by atomic mass is 10.2. The Morgan fingerprint density at radius 1 is 1.35 bits per heavy atom. The normalized spacial score (nSPS) is 11.9. The Labute approximate surface area is 105 Å². The van der Waals surface area contributed by atoms with Gasteiger partial charge in [-0.05, 0) is 12.1 Å². The van der Waals surface area contributed by atoms with Crippen LogP contribution in [-0.4, -0.2) is 35.3 Å². The summed E-state index contributed by atoms with van der Waals surface area (Å²) in [5, 5.41) is 8.79. The molecule has 92 valence electrons. The number of amides is 1. The third kappa shape index (κ3) is 3.76. The number of carbonyl (C=O) groups excluding carboxylic acids is 1. The summed E-state index contributed by atoms with van der Waals surface area (Å²) in [5.74, 6) is -1.37. The van der Waals surface area contributed by atoms with Crippen LogP contribution in [0.4, 0.5) is 5.69 Å². The molecule has 1 aromatic rings. The van der Waals surface area contributed by atoms with Crippen LogP contribution in [0, 0.1) is 0 Å². The number of benzene rings is 1. The minimum absolute atomic E-state index is 0.168. The lowest BCUT2D eigenvalue weighted by molar-refractivity contribution is -0.136. The van der Waals surface area contributed by atoms with Gasteiger partial charge in [0.1, 0.15) is 6.54 Å². The fraction of sp³-hybridized carbons (Fsp3) is 0.273. The molecule has 0 aliphatic heterocycles. The molecule has 0 radical (unpaired) electrons. The standard InChI is InChI=1S/C11H14N2O3S/c12-9(7-17)11(16)13(6-10(14)15)8-4-2-1-3-5-8/h1-5,9,17H,6-7,12H2,(H,14,15)/t9-/m0/s1. The highest BCUT2D eigenvalue weighted by Gasteiger charge is 2.23. The molecule has 0 bridgehead atoms. The van der Waals surface area contributed by atoms with Crippen molar-refractivity contribution in [3.05, 3.63) is 30.3 Å². The van der Waals surface area contributed by atoms with Crippen LogP contribution in [0.3, 0.4) is 0 Å². The van der Waals surface area contributed by atoms with Gasteiger partial charge in [0, 0.05) is 11.4 Å². The van der Waals surface area contributed by atoms with Crippen molar-refractivity contribution in [3.8, 4) is 0 Å². The molecule has 0 aromatic heterocycles. The monoisotopic (exact) mass is 254 g/mol. The highest BCUT2D eigenvalue weighted by Crippen LogP contribution is 2.14. The van der Waals surface area contributed by atoms with Gasteiger partial charge in [0.05, 0.1) is 6.04 Å². The van der Waals surface area contributed by atoms with E-state index in [1.807, 2.05) is 0 Å². The summed E-state index contributed by atoms with van der Waals surface area (Å²) in [6.07, 6.45) is 0. The summed E-state index contributed by atoms with van der Waals surface area (Å²) in [7, 11) is 0. The summed E-state index contributed by atoms with van der Waals surface area (Å²) >= 11 is 3.93. The molecular formula is C11H14N2O3S. The van der Waals surface area contributed by atoms with Crippen LogP contribution in [-0.2, 0) is 9.59 Å². The van der Waals surface area contributed by atoms with Gasteiger partial charge >= 0.3 is 5.97 Å². The molecule has 0 saturated carbocycles. The van der Waals surface area contributed by atoms with Gasteiger partial charge in [0.2, 0.25) is 5.91 Å². The van der Waals surface area contributed by atoms with E-state index in [1.54, 1.807) is 30.3 Å². The zero-order valence-electron chi connectivity index (χ0n) is 9.11. The van der Waals surface area contributed by atoms with Crippen LogP contribution in [0.25, 0.3) is 0 Å². The maximum absolute atomic E-state index is 11.9. The second kappa shape index (κ2) is 6.27. The predicted molar refractivity (Wildman–Crippen MR) is 68.3 cm³/mol. The second-order valence-corrected chi connectivity index (χ2v) is 3.81. The van der Waals surface area contributed by atoms with Crippen molar-refractivity contribution in [2.45, 2.75) is 6.04 Å². The molecule has 6 heteroatoms. The average Bonchev–Trinajstić information content (AvgIpc) is 2.35. The molecule has 1 atom stereocenters. The Morgan fingerprint density at radius 3 is 2.41 bits per heavy atom. The summed E-state index contributed by atoms with van der Waals surface area (Å²) < 4.78 is 0. The van der Waals surface area contributed by atoms with E-state index in [2.05, 4.69) is 12.6 Å². The first-order chi connectivity index (χ1) is 8.06. The number of rotatable bonds is 5. The summed E-state index contributed by atoms with van der Waals surface area (Å²) in [6.45, 7) is -0.412. The van der Waals surface area contributed by atoms with Crippen LogP contribution in [0.2, 0.25) is 0 Å². The first-order valence-corrected chi connectivity index (χ1v) is 5.64. The molecule has 0 spiro atoms. The minimum atomic E-state index is -1.09. The smallest absolute Gasteiger partial charge is 0.323 e. The quantitative estimate of drug-likeness (QED) is 0.663. The van der Waals surface area contributed by atoms with Gasteiger partial charge in [-0.3, -0.25) is 14.5 Å². The Bertz CT molecular complexity index is 397. The maximum Gasteiger partial charge on any atom is 0.323 e. The Morgan fingerprint density at radius 2 is 1.94 bits per heavy atom. The molecule has 5 nitrogen and oxygen atoms in total. The highest BCUT2D eigenvalue weighted by molar-refractivity contribution is 7.80. The van der Waals surface area contributed by atoms with Crippen molar-refractivity contribution >= 4 is 30.2 Å².